The smallest absolute Gasteiger partial charge is 0.234 e. The molecule has 4 aromatic carbocycles. The number of nitrogens with zero attached hydrogens (tertiary/aromatic N) is 4. The van der Waals surface area contributed by atoms with Crippen molar-refractivity contribution in [1.82, 2.24) is 0 Å². The largest absolute Gasteiger partial charge is 0.286 e. The second kappa shape index (κ2) is 8.56. The number of carbonyl (C=O) groups excluding carboxylic acids is 1. The lowest BCUT2D eigenvalue weighted by Crippen LogP contribution is -2.53. The van der Waals surface area contributed by atoms with E-state index in [9.17, 15) is 4.79 Å². The zero-order chi connectivity index (χ0) is 23.8. The zero-order valence-corrected chi connectivity index (χ0v) is 19.9. The van der Waals surface area contributed by atoms with Crippen LogP contribution in [0.2, 0.25) is 0 Å². The Morgan fingerprint density at radius 2 is 1.20 bits per heavy atom. The molecule has 170 valence electrons. The van der Waals surface area contributed by atoms with Crippen LogP contribution >= 0.6 is 11.8 Å². The average molecular weight is 475 g/mol. The lowest BCUT2D eigenvalue weighted by Gasteiger charge is -2.46. The van der Waals surface area contributed by atoms with Gasteiger partial charge < -0.3 is 0 Å². The Labute approximate surface area is 208 Å². The molecule has 0 bridgehead atoms. The van der Waals surface area contributed by atoms with Gasteiger partial charge in [-0.05, 0) is 43.0 Å². The highest BCUT2D eigenvalue weighted by molar-refractivity contribution is 8.17. The van der Waals surface area contributed by atoms with Crippen LogP contribution in [0.1, 0.15) is 28.4 Å². The maximum absolute atomic E-state index is 13.6. The van der Waals surface area contributed by atoms with Crippen molar-refractivity contribution in [2.45, 2.75) is 11.9 Å². The molecule has 1 spiro atoms. The topological polar surface area (TPSA) is 48.3 Å². The molecule has 35 heavy (non-hydrogen) atoms. The van der Waals surface area contributed by atoms with Gasteiger partial charge in [-0.2, -0.15) is 10.2 Å². The molecule has 0 N–H and O–H groups in total. The van der Waals surface area contributed by atoms with E-state index in [-0.39, 0.29) is 5.78 Å². The summed E-state index contributed by atoms with van der Waals surface area (Å²) in [5.74, 6) is -0.106. The highest BCUT2D eigenvalue weighted by Gasteiger charge is 2.55. The number of hydrogen-bond donors (Lipinski definition) is 0. The molecule has 1 atom stereocenters. The molecule has 5 nitrogen and oxygen atoms in total. The molecule has 2 aliphatic heterocycles. The normalized spacial score (nSPS) is 18.8. The summed E-state index contributed by atoms with van der Waals surface area (Å²) in [6, 6.07) is 37.6. The van der Waals surface area contributed by atoms with Crippen LogP contribution in [-0.4, -0.2) is 16.5 Å². The van der Waals surface area contributed by atoms with Crippen molar-refractivity contribution in [2.75, 3.05) is 10.0 Å². The molecule has 0 aromatic heterocycles. The summed E-state index contributed by atoms with van der Waals surface area (Å²) in [7, 11) is 0. The maximum atomic E-state index is 13.6. The minimum absolute atomic E-state index is 0.106. The van der Waals surface area contributed by atoms with Gasteiger partial charge in [0.05, 0.1) is 17.1 Å². The van der Waals surface area contributed by atoms with Gasteiger partial charge in [0.2, 0.25) is 10.8 Å². The van der Waals surface area contributed by atoms with Crippen molar-refractivity contribution in [3.05, 3.63) is 132 Å². The Morgan fingerprint density at radius 1 is 0.686 bits per heavy atom. The number of thioether (sulfide) groups is 1. The Kier molecular flexibility index (Phi) is 5.23. The summed E-state index contributed by atoms with van der Waals surface area (Å²) in [5.41, 5.74) is 5.38. The number of Topliss-reactive ketones (excluding diaryl/α,β-unsaturated/α-hetero) is 1. The Morgan fingerprint density at radius 3 is 1.83 bits per heavy atom. The summed E-state index contributed by atoms with van der Waals surface area (Å²) in [6.07, 6.45) is 0. The molecule has 0 fully saturated rings. The second-order valence-corrected chi connectivity index (χ2v) is 9.50. The molecule has 0 saturated heterocycles. The molecule has 2 heterocycles. The highest BCUT2D eigenvalue weighted by atomic mass is 32.2. The quantitative estimate of drug-likeness (QED) is 0.317. The fourth-order valence-electron chi connectivity index (χ4n) is 4.54. The van der Waals surface area contributed by atoms with Crippen LogP contribution in [0.4, 0.5) is 11.4 Å². The van der Waals surface area contributed by atoms with E-state index in [0.717, 1.165) is 28.2 Å². The van der Waals surface area contributed by atoms with Gasteiger partial charge in [0.15, 0.2) is 5.04 Å². The third kappa shape index (κ3) is 3.45. The minimum atomic E-state index is -0.918. The second-order valence-electron chi connectivity index (χ2n) is 8.34. The van der Waals surface area contributed by atoms with Crippen molar-refractivity contribution in [1.29, 1.82) is 0 Å². The number of carbonyl (C=O) groups is 1. The van der Waals surface area contributed by atoms with Crippen molar-refractivity contribution in [3.63, 3.8) is 0 Å². The standard InChI is InChI=1S/C29H22N4OS/c1-21-25-19-11-12-20-26(25)29(32(30-21)23-15-7-3-8-16-23)33(24-17-9-4-10-18-24)31-28(35-29)27(34)22-13-5-2-6-14-22/h2-20H,1H3. The number of anilines is 2. The fraction of sp³-hybridized carbons (Fsp3) is 0.0690. The van der Waals surface area contributed by atoms with Crippen LogP contribution in [0, 0.1) is 0 Å². The van der Waals surface area contributed by atoms with E-state index in [1.165, 1.54) is 11.8 Å². The number of para-hydroxylation sites is 2. The van der Waals surface area contributed by atoms with Crippen LogP contribution in [0.5, 0.6) is 0 Å². The van der Waals surface area contributed by atoms with Crippen LogP contribution in [-0.2, 0) is 4.99 Å². The first-order valence-electron chi connectivity index (χ1n) is 11.4. The summed E-state index contributed by atoms with van der Waals surface area (Å²) in [4.78, 5) is 12.7. The molecular weight excluding hydrogens is 452 g/mol. The number of ketones is 1. The van der Waals surface area contributed by atoms with Gasteiger partial charge in [0, 0.05) is 16.7 Å². The average Bonchev–Trinajstić information content (AvgIpc) is 3.33. The minimum Gasteiger partial charge on any atom is -0.286 e. The van der Waals surface area contributed by atoms with E-state index in [4.69, 9.17) is 10.2 Å². The molecule has 6 rings (SSSR count). The zero-order valence-electron chi connectivity index (χ0n) is 19.1. The van der Waals surface area contributed by atoms with Crippen molar-refractivity contribution >= 4 is 39.7 Å². The molecular formula is C29H22N4OS. The first-order chi connectivity index (χ1) is 17.2. The summed E-state index contributed by atoms with van der Waals surface area (Å²) < 4.78 is 0. The molecule has 0 aliphatic carbocycles. The predicted molar refractivity (Wildman–Crippen MR) is 144 cm³/mol. The van der Waals surface area contributed by atoms with Crippen molar-refractivity contribution in [2.24, 2.45) is 10.2 Å². The van der Waals surface area contributed by atoms with Crippen LogP contribution < -0.4 is 10.0 Å². The lowest BCUT2D eigenvalue weighted by molar-refractivity contribution is 0.106. The van der Waals surface area contributed by atoms with Gasteiger partial charge in [-0.15, -0.1) is 0 Å². The number of benzene rings is 4. The monoisotopic (exact) mass is 474 g/mol. The van der Waals surface area contributed by atoms with Gasteiger partial charge in [-0.25, -0.2) is 10.0 Å². The highest BCUT2D eigenvalue weighted by Crippen LogP contribution is 2.54. The third-order valence-corrected chi connectivity index (χ3v) is 7.46. The van der Waals surface area contributed by atoms with Gasteiger partial charge in [0.25, 0.3) is 0 Å². The van der Waals surface area contributed by atoms with Crippen molar-refractivity contribution in [3.8, 4) is 0 Å². The van der Waals surface area contributed by atoms with E-state index in [0.29, 0.717) is 10.6 Å². The number of hydrogen-bond acceptors (Lipinski definition) is 6. The van der Waals surface area contributed by atoms with Crippen LogP contribution in [0.3, 0.4) is 0 Å². The summed E-state index contributed by atoms with van der Waals surface area (Å²) in [5, 5.41) is 14.4. The van der Waals surface area contributed by atoms with E-state index in [2.05, 4.69) is 12.1 Å². The predicted octanol–water partition coefficient (Wildman–Crippen LogP) is 6.49. The maximum Gasteiger partial charge on any atom is 0.234 e. The molecule has 1 unspecified atom stereocenters. The first-order valence-corrected chi connectivity index (χ1v) is 12.2. The molecule has 2 aliphatic rings. The number of fused-ring (bicyclic) bond motifs is 2. The SMILES string of the molecule is CC1=NN(c2ccccc2)C2(SC(C(=O)c3ccccc3)=NN2c2ccccc2)c2ccccc21. The number of rotatable bonds is 4. The van der Waals surface area contributed by atoms with Gasteiger partial charge in [-0.3, -0.25) is 4.79 Å². The molecule has 4 aromatic rings. The Hall–Kier alpha value is -4.16. The summed E-state index contributed by atoms with van der Waals surface area (Å²) in [6.45, 7) is 2.02. The van der Waals surface area contributed by atoms with Gasteiger partial charge >= 0.3 is 0 Å². The Bertz CT molecular complexity index is 1450. The Balaban J connectivity index is 1.60. The van der Waals surface area contributed by atoms with Crippen molar-refractivity contribution < 1.29 is 4.79 Å². The van der Waals surface area contributed by atoms with E-state index < -0.39 is 4.99 Å². The first kappa shape index (κ1) is 21.4. The van der Waals surface area contributed by atoms with Crippen LogP contribution in [0.25, 0.3) is 0 Å². The van der Waals surface area contributed by atoms with E-state index in [1.54, 1.807) is 0 Å². The third-order valence-electron chi connectivity index (χ3n) is 6.15. The molecule has 6 heteroatoms. The van der Waals surface area contributed by atoms with Crippen LogP contribution in [0.15, 0.2) is 125 Å². The summed E-state index contributed by atoms with van der Waals surface area (Å²) >= 11 is 1.43. The molecule has 0 saturated carbocycles. The number of hydrazone groups is 2. The van der Waals surface area contributed by atoms with E-state index >= 15 is 0 Å². The lowest BCUT2D eigenvalue weighted by atomic mass is 9.98. The van der Waals surface area contributed by atoms with Gasteiger partial charge in [0.1, 0.15) is 0 Å². The fourth-order valence-corrected chi connectivity index (χ4v) is 5.89. The van der Waals surface area contributed by atoms with E-state index in [1.807, 2.05) is 120 Å². The van der Waals surface area contributed by atoms with Gasteiger partial charge in [-0.1, -0.05) is 91.0 Å². The molecule has 0 amide bonds. The molecule has 0 radical (unpaired) electrons.